The molecule has 0 aliphatic carbocycles. The minimum atomic E-state index is -0.479. The van der Waals surface area contributed by atoms with Crippen LogP contribution in [0.1, 0.15) is 17.5 Å². The standard InChI is InChI=1S/C25H25NO6/c1-16-18(7-8-24(29)26(9-11-27)10-12-28)25(30)32-23-14-22-20(13-19(16)23)21(15-31-22)17-5-3-2-4-6-17/h2-6,13-15,27-28H,7-12H2,1H3. The third kappa shape index (κ3) is 4.17. The van der Waals surface area contributed by atoms with Crippen LogP contribution in [0.3, 0.4) is 0 Å². The van der Waals surface area contributed by atoms with E-state index >= 15 is 0 Å². The van der Waals surface area contributed by atoms with Crippen molar-refractivity contribution < 1.29 is 23.8 Å². The van der Waals surface area contributed by atoms with Crippen LogP contribution >= 0.6 is 0 Å². The van der Waals surface area contributed by atoms with Crippen LogP contribution in [-0.2, 0) is 11.2 Å². The topological polar surface area (TPSA) is 104 Å². The summed E-state index contributed by atoms with van der Waals surface area (Å²) < 4.78 is 11.3. The predicted octanol–water partition coefficient (Wildman–Crippen LogP) is 3.26. The fourth-order valence-corrected chi connectivity index (χ4v) is 4.03. The highest BCUT2D eigenvalue weighted by molar-refractivity contribution is 6.02. The molecule has 0 aliphatic heterocycles. The Morgan fingerprint density at radius 1 is 1.00 bits per heavy atom. The average Bonchev–Trinajstić information content (AvgIpc) is 3.21. The van der Waals surface area contributed by atoms with Gasteiger partial charge in [0.2, 0.25) is 5.91 Å². The summed E-state index contributed by atoms with van der Waals surface area (Å²) in [5, 5.41) is 20.0. The molecule has 0 spiro atoms. The molecular weight excluding hydrogens is 410 g/mol. The fourth-order valence-electron chi connectivity index (χ4n) is 4.03. The summed E-state index contributed by atoms with van der Waals surface area (Å²) in [7, 11) is 0. The van der Waals surface area contributed by atoms with Gasteiger partial charge >= 0.3 is 5.63 Å². The third-order valence-corrected chi connectivity index (χ3v) is 5.75. The number of hydrogen-bond donors (Lipinski definition) is 2. The lowest BCUT2D eigenvalue weighted by molar-refractivity contribution is -0.132. The summed E-state index contributed by atoms with van der Waals surface area (Å²) in [4.78, 5) is 26.5. The number of benzene rings is 2. The first-order chi connectivity index (χ1) is 15.5. The molecule has 2 aromatic heterocycles. The van der Waals surface area contributed by atoms with Crippen molar-refractivity contribution in [3.8, 4) is 11.1 Å². The first-order valence-corrected chi connectivity index (χ1v) is 10.6. The van der Waals surface area contributed by atoms with E-state index in [0.717, 1.165) is 27.5 Å². The Balaban J connectivity index is 1.70. The molecule has 2 heterocycles. The molecule has 4 aromatic rings. The first kappa shape index (κ1) is 21.8. The van der Waals surface area contributed by atoms with E-state index < -0.39 is 5.63 Å². The van der Waals surface area contributed by atoms with Gasteiger partial charge < -0.3 is 23.9 Å². The monoisotopic (exact) mass is 435 g/mol. The van der Waals surface area contributed by atoms with E-state index in [2.05, 4.69) is 0 Å². The molecular formula is C25H25NO6. The molecule has 7 nitrogen and oxygen atoms in total. The van der Waals surface area contributed by atoms with Gasteiger partial charge in [0, 0.05) is 47.5 Å². The number of rotatable bonds is 8. The predicted molar refractivity (Wildman–Crippen MR) is 122 cm³/mol. The zero-order valence-corrected chi connectivity index (χ0v) is 17.8. The van der Waals surface area contributed by atoms with E-state index in [4.69, 9.17) is 19.0 Å². The largest absolute Gasteiger partial charge is 0.464 e. The number of furan rings is 1. The van der Waals surface area contributed by atoms with Crippen LogP contribution in [0.15, 0.2) is 62.4 Å². The number of fused-ring (bicyclic) bond motifs is 2. The van der Waals surface area contributed by atoms with Gasteiger partial charge in [0.15, 0.2) is 0 Å². The molecule has 1 amide bonds. The molecule has 0 atom stereocenters. The summed E-state index contributed by atoms with van der Waals surface area (Å²) in [6, 6.07) is 13.6. The van der Waals surface area contributed by atoms with Crippen molar-refractivity contribution in [2.24, 2.45) is 0 Å². The Morgan fingerprint density at radius 3 is 2.41 bits per heavy atom. The van der Waals surface area contributed by atoms with Crippen molar-refractivity contribution >= 4 is 27.8 Å². The van der Waals surface area contributed by atoms with E-state index in [9.17, 15) is 9.59 Å². The van der Waals surface area contributed by atoms with Crippen LogP contribution in [0.25, 0.3) is 33.1 Å². The number of hydrogen-bond acceptors (Lipinski definition) is 6. The van der Waals surface area contributed by atoms with Crippen molar-refractivity contribution in [3.63, 3.8) is 0 Å². The first-order valence-electron chi connectivity index (χ1n) is 10.6. The Labute approximate surface area is 184 Å². The second-order valence-corrected chi connectivity index (χ2v) is 7.68. The molecule has 0 unspecified atom stereocenters. The molecule has 166 valence electrons. The molecule has 0 radical (unpaired) electrons. The van der Waals surface area contributed by atoms with Gasteiger partial charge in [0.1, 0.15) is 11.2 Å². The summed E-state index contributed by atoms with van der Waals surface area (Å²) in [6.07, 6.45) is 1.99. The van der Waals surface area contributed by atoms with Gasteiger partial charge in [0.25, 0.3) is 0 Å². The number of nitrogens with zero attached hydrogens (tertiary/aromatic N) is 1. The molecule has 0 saturated heterocycles. The second-order valence-electron chi connectivity index (χ2n) is 7.68. The smallest absolute Gasteiger partial charge is 0.339 e. The number of carbonyl (C=O) groups excluding carboxylic acids is 1. The van der Waals surface area contributed by atoms with Gasteiger partial charge in [-0.1, -0.05) is 30.3 Å². The maximum absolute atomic E-state index is 12.6. The SMILES string of the molecule is Cc1c(CCC(=O)N(CCO)CCO)c(=O)oc2cc3occ(-c4ccccc4)c3cc12. The lowest BCUT2D eigenvalue weighted by Crippen LogP contribution is -2.36. The second kappa shape index (κ2) is 9.38. The number of aliphatic hydroxyl groups is 2. The molecule has 0 aliphatic rings. The van der Waals surface area contributed by atoms with Crippen LogP contribution in [0.5, 0.6) is 0 Å². The highest BCUT2D eigenvalue weighted by atomic mass is 16.4. The van der Waals surface area contributed by atoms with Gasteiger partial charge in [-0.15, -0.1) is 0 Å². The number of amides is 1. The zero-order valence-electron chi connectivity index (χ0n) is 17.8. The molecule has 4 rings (SSSR count). The summed E-state index contributed by atoms with van der Waals surface area (Å²) in [6.45, 7) is 1.77. The molecule has 0 bridgehead atoms. The molecule has 2 N–H and O–H groups in total. The van der Waals surface area contributed by atoms with Gasteiger partial charge in [-0.25, -0.2) is 4.79 Å². The Morgan fingerprint density at radius 2 is 1.72 bits per heavy atom. The van der Waals surface area contributed by atoms with E-state index in [-0.39, 0.29) is 45.1 Å². The van der Waals surface area contributed by atoms with Gasteiger partial charge in [-0.05, 0) is 30.5 Å². The number of aryl methyl sites for hydroxylation is 1. The average molecular weight is 435 g/mol. The summed E-state index contributed by atoms with van der Waals surface area (Å²) in [5.74, 6) is -0.233. The van der Waals surface area contributed by atoms with Crippen LogP contribution in [-0.4, -0.2) is 47.3 Å². The summed E-state index contributed by atoms with van der Waals surface area (Å²) in [5.41, 5.74) is 3.78. The van der Waals surface area contributed by atoms with Crippen molar-refractivity contribution in [1.82, 2.24) is 4.90 Å². The van der Waals surface area contributed by atoms with Crippen molar-refractivity contribution in [1.29, 1.82) is 0 Å². The zero-order chi connectivity index (χ0) is 22.7. The van der Waals surface area contributed by atoms with Gasteiger partial charge in [0.05, 0.1) is 19.5 Å². The van der Waals surface area contributed by atoms with Gasteiger partial charge in [-0.2, -0.15) is 0 Å². The number of carbonyl (C=O) groups is 1. The normalized spacial score (nSPS) is 11.3. The maximum Gasteiger partial charge on any atom is 0.339 e. The minimum absolute atomic E-state index is 0.0837. The van der Waals surface area contributed by atoms with E-state index in [1.54, 1.807) is 12.3 Å². The van der Waals surface area contributed by atoms with Crippen molar-refractivity contribution in [2.45, 2.75) is 19.8 Å². The van der Waals surface area contributed by atoms with Gasteiger partial charge in [-0.3, -0.25) is 4.79 Å². The highest BCUT2D eigenvalue weighted by Gasteiger charge is 2.18. The van der Waals surface area contributed by atoms with Crippen LogP contribution in [0.4, 0.5) is 0 Å². The third-order valence-electron chi connectivity index (χ3n) is 5.75. The Hall–Kier alpha value is -3.42. The maximum atomic E-state index is 12.6. The Bertz CT molecular complexity index is 1300. The van der Waals surface area contributed by atoms with Crippen LogP contribution in [0.2, 0.25) is 0 Å². The lowest BCUT2D eigenvalue weighted by Gasteiger charge is -2.20. The van der Waals surface area contributed by atoms with Crippen LogP contribution < -0.4 is 5.63 Å². The highest BCUT2D eigenvalue weighted by Crippen LogP contribution is 2.34. The van der Waals surface area contributed by atoms with Crippen molar-refractivity contribution in [2.75, 3.05) is 26.3 Å². The lowest BCUT2D eigenvalue weighted by atomic mass is 9.99. The molecule has 32 heavy (non-hydrogen) atoms. The fraction of sp³-hybridized carbons (Fsp3) is 0.280. The Kier molecular flexibility index (Phi) is 6.39. The summed E-state index contributed by atoms with van der Waals surface area (Å²) >= 11 is 0. The van der Waals surface area contributed by atoms with E-state index in [1.165, 1.54) is 4.90 Å². The molecule has 0 fully saturated rings. The number of aliphatic hydroxyl groups excluding tert-OH is 2. The van der Waals surface area contributed by atoms with E-state index in [0.29, 0.717) is 16.7 Å². The van der Waals surface area contributed by atoms with Crippen LogP contribution in [0, 0.1) is 6.92 Å². The van der Waals surface area contributed by atoms with E-state index in [1.807, 2.05) is 43.3 Å². The molecule has 7 heteroatoms. The molecule has 0 saturated carbocycles. The molecule has 2 aromatic carbocycles. The van der Waals surface area contributed by atoms with Crippen molar-refractivity contribution in [3.05, 3.63) is 70.3 Å². The minimum Gasteiger partial charge on any atom is -0.464 e. The quantitative estimate of drug-likeness (QED) is 0.412.